The van der Waals surface area contributed by atoms with Gasteiger partial charge in [0.25, 0.3) is 0 Å². The molecule has 0 bridgehead atoms. The number of hydrogen-bond acceptors (Lipinski definition) is 1. The van der Waals surface area contributed by atoms with Crippen LogP contribution in [0.5, 0.6) is 0 Å². The van der Waals surface area contributed by atoms with Gasteiger partial charge in [-0.3, -0.25) is 0 Å². The highest BCUT2D eigenvalue weighted by Gasteiger charge is 2.53. The lowest BCUT2D eigenvalue weighted by Gasteiger charge is -2.32. The van der Waals surface area contributed by atoms with Gasteiger partial charge >= 0.3 is 0 Å². The van der Waals surface area contributed by atoms with Gasteiger partial charge < -0.3 is 5.32 Å². The van der Waals surface area contributed by atoms with Crippen LogP contribution in [0.4, 0.5) is 4.39 Å². The zero-order valence-corrected chi connectivity index (χ0v) is 12.0. The van der Waals surface area contributed by atoms with Crippen LogP contribution in [0.1, 0.15) is 37.3 Å². The maximum Gasteiger partial charge on any atom is 0.123 e. The molecule has 1 nitrogen and oxygen atoms in total. The molecule has 0 amide bonds. The van der Waals surface area contributed by atoms with Crippen molar-refractivity contribution in [2.75, 3.05) is 13.1 Å². The number of benzene rings is 1. The Kier molecular flexibility index (Phi) is 3.38. The highest BCUT2D eigenvalue weighted by molar-refractivity contribution is 5.28. The summed E-state index contributed by atoms with van der Waals surface area (Å²) in [5, 5.41) is 3.55. The van der Waals surface area contributed by atoms with Crippen LogP contribution in [0.3, 0.4) is 0 Å². The SMILES string of the molecule is CCNCC1(Cc2ccc(F)cc2C)CC2CC2C1. The Bertz CT molecular complexity index is 458. The maximum absolute atomic E-state index is 13.2. The quantitative estimate of drug-likeness (QED) is 0.852. The molecule has 2 aliphatic rings. The lowest BCUT2D eigenvalue weighted by Crippen LogP contribution is -2.35. The molecule has 0 radical (unpaired) electrons. The summed E-state index contributed by atoms with van der Waals surface area (Å²) in [6.45, 7) is 6.37. The molecule has 19 heavy (non-hydrogen) atoms. The van der Waals surface area contributed by atoms with Crippen molar-refractivity contribution in [2.45, 2.75) is 39.5 Å². The molecule has 2 fully saturated rings. The van der Waals surface area contributed by atoms with Crippen molar-refractivity contribution >= 4 is 0 Å². The first-order valence-electron chi connectivity index (χ1n) is 7.58. The highest BCUT2D eigenvalue weighted by Crippen LogP contribution is 2.60. The molecule has 2 aliphatic carbocycles. The first kappa shape index (κ1) is 13.1. The predicted octanol–water partition coefficient (Wildman–Crippen LogP) is 3.70. The van der Waals surface area contributed by atoms with Gasteiger partial charge in [-0.05, 0) is 79.7 Å². The average Bonchev–Trinajstić information content (AvgIpc) is 2.99. The van der Waals surface area contributed by atoms with Crippen molar-refractivity contribution in [3.05, 3.63) is 35.1 Å². The highest BCUT2D eigenvalue weighted by atomic mass is 19.1. The molecular formula is C17H24FN. The van der Waals surface area contributed by atoms with E-state index in [9.17, 15) is 4.39 Å². The second kappa shape index (κ2) is 4.90. The number of rotatable bonds is 5. The standard InChI is InChI=1S/C17H24FN/c1-3-19-11-17(9-14-7-15(14)10-17)8-13-4-5-16(18)6-12(13)2/h4-6,14-15,19H,3,7-11H2,1-2H3. The topological polar surface area (TPSA) is 12.0 Å². The van der Waals surface area contributed by atoms with Crippen molar-refractivity contribution in [1.82, 2.24) is 5.32 Å². The minimum absolute atomic E-state index is 0.115. The molecule has 3 rings (SSSR count). The molecule has 2 saturated carbocycles. The molecule has 104 valence electrons. The second-order valence-electron chi connectivity index (χ2n) is 6.69. The summed E-state index contributed by atoms with van der Waals surface area (Å²) in [5.74, 6) is 1.86. The summed E-state index contributed by atoms with van der Waals surface area (Å²) in [7, 11) is 0. The summed E-state index contributed by atoms with van der Waals surface area (Å²) in [6, 6.07) is 5.27. The van der Waals surface area contributed by atoms with Crippen molar-refractivity contribution in [3.63, 3.8) is 0 Å². The summed E-state index contributed by atoms with van der Waals surface area (Å²) in [5.41, 5.74) is 2.86. The molecule has 2 atom stereocenters. The molecule has 0 heterocycles. The van der Waals surface area contributed by atoms with Crippen molar-refractivity contribution in [2.24, 2.45) is 17.3 Å². The molecule has 1 aromatic carbocycles. The smallest absolute Gasteiger partial charge is 0.123 e. The number of fused-ring (bicyclic) bond motifs is 1. The fourth-order valence-electron chi connectivity index (χ4n) is 4.01. The molecule has 2 heteroatoms. The summed E-state index contributed by atoms with van der Waals surface area (Å²) in [6.07, 6.45) is 5.29. The van der Waals surface area contributed by atoms with Crippen LogP contribution >= 0.6 is 0 Å². The first-order chi connectivity index (χ1) is 9.12. The van der Waals surface area contributed by atoms with Gasteiger partial charge in [0.05, 0.1) is 0 Å². The van der Waals surface area contributed by atoms with Crippen molar-refractivity contribution in [1.29, 1.82) is 0 Å². The maximum atomic E-state index is 13.2. The van der Waals surface area contributed by atoms with Crippen molar-refractivity contribution in [3.8, 4) is 0 Å². The van der Waals surface area contributed by atoms with E-state index >= 15 is 0 Å². The molecule has 0 saturated heterocycles. The number of hydrogen-bond donors (Lipinski definition) is 1. The minimum Gasteiger partial charge on any atom is -0.316 e. The monoisotopic (exact) mass is 261 g/mol. The number of nitrogens with one attached hydrogen (secondary N) is 1. The first-order valence-corrected chi connectivity index (χ1v) is 7.58. The Hall–Kier alpha value is -0.890. The third kappa shape index (κ3) is 2.69. The predicted molar refractivity (Wildman–Crippen MR) is 76.6 cm³/mol. The van der Waals surface area contributed by atoms with Crippen LogP contribution in [0.2, 0.25) is 0 Å². The summed E-state index contributed by atoms with van der Waals surface area (Å²) < 4.78 is 13.2. The van der Waals surface area contributed by atoms with Crippen LogP contribution in [-0.2, 0) is 6.42 Å². The van der Waals surface area contributed by atoms with E-state index in [-0.39, 0.29) is 5.82 Å². The Labute approximate surface area is 115 Å². The molecule has 0 aliphatic heterocycles. The van der Waals surface area contributed by atoms with E-state index in [2.05, 4.69) is 12.2 Å². The lowest BCUT2D eigenvalue weighted by atomic mass is 9.76. The van der Waals surface area contributed by atoms with Gasteiger partial charge in [0.15, 0.2) is 0 Å². The Morgan fingerprint density at radius 3 is 2.68 bits per heavy atom. The number of aryl methyl sites for hydroxylation is 1. The molecule has 2 unspecified atom stereocenters. The molecule has 1 N–H and O–H groups in total. The second-order valence-corrected chi connectivity index (χ2v) is 6.69. The molecule has 0 aromatic heterocycles. The van der Waals surface area contributed by atoms with Gasteiger partial charge in [-0.25, -0.2) is 4.39 Å². The zero-order chi connectivity index (χ0) is 13.5. The van der Waals surface area contributed by atoms with Crippen LogP contribution in [0, 0.1) is 30.0 Å². The van der Waals surface area contributed by atoms with Gasteiger partial charge in [-0.1, -0.05) is 13.0 Å². The fourth-order valence-corrected chi connectivity index (χ4v) is 4.01. The summed E-state index contributed by atoms with van der Waals surface area (Å²) >= 11 is 0. The van der Waals surface area contributed by atoms with Gasteiger partial charge in [-0.15, -0.1) is 0 Å². The Morgan fingerprint density at radius 2 is 2.05 bits per heavy atom. The van der Waals surface area contributed by atoms with E-state index < -0.39 is 0 Å². The van der Waals surface area contributed by atoms with E-state index in [0.29, 0.717) is 5.41 Å². The number of halogens is 1. The summed E-state index contributed by atoms with van der Waals surface area (Å²) in [4.78, 5) is 0. The molecular weight excluding hydrogens is 237 g/mol. The fraction of sp³-hybridized carbons (Fsp3) is 0.647. The van der Waals surface area contributed by atoms with Crippen LogP contribution < -0.4 is 5.32 Å². The van der Waals surface area contributed by atoms with E-state index in [1.54, 1.807) is 12.1 Å². The third-order valence-electron chi connectivity index (χ3n) is 5.08. The van der Waals surface area contributed by atoms with Crippen LogP contribution in [0.15, 0.2) is 18.2 Å². The lowest BCUT2D eigenvalue weighted by molar-refractivity contribution is 0.250. The Morgan fingerprint density at radius 1 is 1.32 bits per heavy atom. The van der Waals surface area contributed by atoms with Gasteiger partial charge in [0.1, 0.15) is 5.82 Å². The van der Waals surface area contributed by atoms with E-state index in [1.165, 1.54) is 24.8 Å². The molecule has 0 spiro atoms. The van der Waals surface area contributed by atoms with Gasteiger partial charge in [0.2, 0.25) is 0 Å². The van der Waals surface area contributed by atoms with E-state index in [1.807, 2.05) is 13.0 Å². The van der Waals surface area contributed by atoms with E-state index in [4.69, 9.17) is 0 Å². The van der Waals surface area contributed by atoms with Gasteiger partial charge in [0, 0.05) is 6.54 Å². The van der Waals surface area contributed by atoms with Crippen molar-refractivity contribution < 1.29 is 4.39 Å². The largest absolute Gasteiger partial charge is 0.316 e. The van der Waals surface area contributed by atoms with E-state index in [0.717, 1.165) is 36.9 Å². The zero-order valence-electron chi connectivity index (χ0n) is 12.0. The van der Waals surface area contributed by atoms with Crippen LogP contribution in [-0.4, -0.2) is 13.1 Å². The Balaban J connectivity index is 1.77. The normalized spacial score (nSPS) is 32.4. The van der Waals surface area contributed by atoms with Gasteiger partial charge in [-0.2, -0.15) is 0 Å². The average molecular weight is 261 g/mol. The molecule has 1 aromatic rings. The van der Waals surface area contributed by atoms with Crippen LogP contribution in [0.25, 0.3) is 0 Å². The third-order valence-corrected chi connectivity index (χ3v) is 5.08. The minimum atomic E-state index is -0.115.